The van der Waals surface area contributed by atoms with Crippen molar-refractivity contribution in [1.29, 1.82) is 0 Å². The second kappa shape index (κ2) is 5.88. The number of carboxylic acids is 1. The predicted molar refractivity (Wildman–Crippen MR) is 79.3 cm³/mol. The number of anilines is 2. The highest BCUT2D eigenvalue weighted by molar-refractivity contribution is 6.00. The molecule has 8 nitrogen and oxygen atoms in total. The van der Waals surface area contributed by atoms with Gasteiger partial charge in [-0.3, -0.25) is 9.59 Å². The van der Waals surface area contributed by atoms with Gasteiger partial charge >= 0.3 is 5.97 Å². The minimum Gasteiger partial charge on any atom is -0.479 e. The van der Waals surface area contributed by atoms with Gasteiger partial charge in [0.05, 0.1) is 5.69 Å². The van der Waals surface area contributed by atoms with E-state index in [9.17, 15) is 14.4 Å². The molecule has 3 N–H and O–H groups in total. The monoisotopic (exact) mass is 320 g/mol. The molecule has 2 heterocycles. The first-order valence-corrected chi connectivity index (χ1v) is 7.25. The van der Waals surface area contributed by atoms with Gasteiger partial charge in [0.1, 0.15) is 11.9 Å². The lowest BCUT2D eigenvalue weighted by molar-refractivity contribution is -0.150. The van der Waals surface area contributed by atoms with Crippen molar-refractivity contribution in [3.05, 3.63) is 18.2 Å². The zero-order valence-corrected chi connectivity index (χ0v) is 12.4. The molecule has 0 saturated carbocycles. The van der Waals surface area contributed by atoms with E-state index >= 15 is 0 Å². The number of hydrogen-bond donors (Lipinski definition) is 3. The minimum absolute atomic E-state index is 0.260. The van der Waals surface area contributed by atoms with Crippen LogP contribution in [0.1, 0.15) is 19.8 Å². The number of nitrogens with one attached hydrogen (secondary N) is 2. The number of benzene rings is 1. The van der Waals surface area contributed by atoms with Crippen LogP contribution in [0.3, 0.4) is 0 Å². The summed E-state index contributed by atoms with van der Waals surface area (Å²) in [6.45, 7) is 1.64. The fraction of sp³-hybridized carbons (Fsp3) is 0.400. The van der Waals surface area contributed by atoms with Crippen LogP contribution in [0.4, 0.5) is 11.4 Å². The molecule has 1 aromatic rings. The molecule has 0 bridgehead atoms. The van der Waals surface area contributed by atoms with E-state index in [-0.39, 0.29) is 5.91 Å². The summed E-state index contributed by atoms with van der Waals surface area (Å²) >= 11 is 0. The van der Waals surface area contributed by atoms with Crippen molar-refractivity contribution in [1.82, 2.24) is 0 Å². The van der Waals surface area contributed by atoms with E-state index in [1.807, 2.05) is 0 Å². The van der Waals surface area contributed by atoms with Crippen LogP contribution in [0.5, 0.6) is 5.75 Å². The minimum atomic E-state index is -1.07. The Morgan fingerprint density at radius 3 is 2.74 bits per heavy atom. The van der Waals surface area contributed by atoms with Gasteiger partial charge in [-0.05, 0) is 38.0 Å². The molecule has 0 aromatic heterocycles. The maximum atomic E-state index is 12.1. The van der Waals surface area contributed by atoms with Crippen LogP contribution in [0, 0.1) is 0 Å². The normalized spacial score (nSPS) is 26.0. The van der Waals surface area contributed by atoms with E-state index in [0.717, 1.165) is 0 Å². The summed E-state index contributed by atoms with van der Waals surface area (Å²) in [5.41, 5.74) is 0.941. The molecule has 0 spiro atoms. The topological polar surface area (TPSA) is 114 Å². The van der Waals surface area contributed by atoms with Crippen LogP contribution in [-0.4, -0.2) is 41.2 Å². The summed E-state index contributed by atoms with van der Waals surface area (Å²) in [5, 5.41) is 14.2. The number of ether oxygens (including phenoxy) is 2. The van der Waals surface area contributed by atoms with Crippen LogP contribution in [0.25, 0.3) is 0 Å². The van der Waals surface area contributed by atoms with Crippen molar-refractivity contribution in [2.24, 2.45) is 0 Å². The van der Waals surface area contributed by atoms with Crippen LogP contribution in [0.2, 0.25) is 0 Å². The van der Waals surface area contributed by atoms with E-state index in [0.29, 0.717) is 30.0 Å². The Bertz CT molecular complexity index is 674. The van der Waals surface area contributed by atoms with Gasteiger partial charge in [-0.2, -0.15) is 0 Å². The van der Waals surface area contributed by atoms with Gasteiger partial charge in [-0.15, -0.1) is 0 Å². The van der Waals surface area contributed by atoms with E-state index in [4.69, 9.17) is 14.6 Å². The average Bonchev–Trinajstić information content (AvgIpc) is 2.99. The highest BCUT2D eigenvalue weighted by Gasteiger charge is 2.34. The van der Waals surface area contributed by atoms with Crippen LogP contribution in [-0.2, 0) is 19.1 Å². The maximum Gasteiger partial charge on any atom is 0.332 e. The van der Waals surface area contributed by atoms with Crippen LogP contribution >= 0.6 is 0 Å². The Kier molecular flexibility index (Phi) is 3.91. The summed E-state index contributed by atoms with van der Waals surface area (Å²) in [6.07, 6.45) is -1.64. The van der Waals surface area contributed by atoms with Crippen molar-refractivity contribution in [2.45, 2.75) is 38.1 Å². The number of fused-ring (bicyclic) bond motifs is 1. The molecule has 1 unspecified atom stereocenters. The van der Waals surface area contributed by atoms with Gasteiger partial charge < -0.3 is 25.2 Å². The molecular weight excluding hydrogens is 304 g/mol. The fourth-order valence-electron chi connectivity index (χ4n) is 2.52. The molecule has 1 fully saturated rings. The molecule has 2 aliphatic rings. The molecule has 2 aliphatic heterocycles. The lowest BCUT2D eigenvalue weighted by Gasteiger charge is -2.23. The fourth-order valence-corrected chi connectivity index (χ4v) is 2.52. The Labute approximate surface area is 131 Å². The zero-order chi connectivity index (χ0) is 16.6. The Hall–Kier alpha value is -2.61. The molecular formula is C15H16N2O6. The first-order chi connectivity index (χ1) is 10.9. The standard InChI is InChI=1S/C15H16N2O6/c1-7-13(18)17-9-6-8(2-3-10(9)22-7)16-14(19)11-4-5-12(23-11)15(20)21/h2-3,6-7,11-12H,4-5H2,1H3,(H,16,19)(H,17,18)(H,20,21)/t7?,11-,12+/m0/s1. The molecule has 122 valence electrons. The molecule has 3 rings (SSSR count). The molecule has 3 atom stereocenters. The van der Waals surface area contributed by atoms with Gasteiger partial charge in [-0.25, -0.2) is 4.79 Å². The lowest BCUT2D eigenvalue weighted by Crippen LogP contribution is -2.34. The first-order valence-electron chi connectivity index (χ1n) is 7.25. The summed E-state index contributed by atoms with van der Waals surface area (Å²) in [7, 11) is 0. The van der Waals surface area contributed by atoms with Gasteiger partial charge in [0, 0.05) is 5.69 Å². The van der Waals surface area contributed by atoms with Gasteiger partial charge in [0.15, 0.2) is 12.2 Å². The maximum absolute atomic E-state index is 12.1. The third-order valence-corrected chi connectivity index (χ3v) is 3.77. The van der Waals surface area contributed by atoms with Crippen molar-refractivity contribution in [3.63, 3.8) is 0 Å². The zero-order valence-electron chi connectivity index (χ0n) is 12.4. The third-order valence-electron chi connectivity index (χ3n) is 3.77. The highest BCUT2D eigenvalue weighted by atomic mass is 16.5. The summed E-state index contributed by atoms with van der Waals surface area (Å²) < 4.78 is 10.6. The molecule has 1 saturated heterocycles. The second-order valence-electron chi connectivity index (χ2n) is 5.48. The smallest absolute Gasteiger partial charge is 0.332 e. The number of carboxylic acid groups (broad SMARTS) is 1. The van der Waals surface area contributed by atoms with Gasteiger partial charge in [-0.1, -0.05) is 0 Å². The summed E-state index contributed by atoms with van der Waals surface area (Å²) in [4.78, 5) is 34.6. The van der Waals surface area contributed by atoms with Crippen molar-refractivity contribution >= 4 is 29.2 Å². The van der Waals surface area contributed by atoms with Crippen molar-refractivity contribution in [2.75, 3.05) is 10.6 Å². The Morgan fingerprint density at radius 1 is 1.30 bits per heavy atom. The number of rotatable bonds is 3. The van der Waals surface area contributed by atoms with E-state index in [2.05, 4.69) is 10.6 Å². The number of aliphatic carboxylic acids is 1. The quantitative estimate of drug-likeness (QED) is 0.765. The Morgan fingerprint density at radius 2 is 2.04 bits per heavy atom. The van der Waals surface area contributed by atoms with Crippen LogP contribution in [0.15, 0.2) is 18.2 Å². The van der Waals surface area contributed by atoms with Gasteiger partial charge in [0.25, 0.3) is 11.8 Å². The first kappa shape index (κ1) is 15.3. The van der Waals surface area contributed by atoms with E-state index in [1.165, 1.54) is 0 Å². The summed E-state index contributed by atoms with van der Waals surface area (Å²) in [5.74, 6) is -1.21. The Balaban J connectivity index is 1.67. The average molecular weight is 320 g/mol. The molecule has 23 heavy (non-hydrogen) atoms. The second-order valence-corrected chi connectivity index (χ2v) is 5.48. The predicted octanol–water partition coefficient (Wildman–Crippen LogP) is 0.977. The van der Waals surface area contributed by atoms with Gasteiger partial charge in [0.2, 0.25) is 0 Å². The van der Waals surface area contributed by atoms with E-state index in [1.54, 1.807) is 25.1 Å². The largest absolute Gasteiger partial charge is 0.479 e. The number of carbonyl (C=O) groups is 3. The third kappa shape index (κ3) is 3.11. The number of hydrogen-bond acceptors (Lipinski definition) is 5. The molecule has 1 aromatic carbocycles. The molecule has 8 heteroatoms. The molecule has 0 radical (unpaired) electrons. The lowest BCUT2D eigenvalue weighted by atomic mass is 10.1. The SMILES string of the molecule is CC1Oc2ccc(NC(=O)[C@@H]3CC[C@H](C(=O)O)O3)cc2NC1=O. The molecule has 2 amide bonds. The summed E-state index contributed by atoms with van der Waals surface area (Å²) in [6, 6.07) is 4.88. The highest BCUT2D eigenvalue weighted by Crippen LogP contribution is 2.32. The van der Waals surface area contributed by atoms with Crippen LogP contribution < -0.4 is 15.4 Å². The van der Waals surface area contributed by atoms with Crippen molar-refractivity contribution < 1.29 is 29.0 Å². The number of carbonyl (C=O) groups excluding carboxylic acids is 2. The van der Waals surface area contributed by atoms with E-state index < -0.39 is 30.2 Å². The van der Waals surface area contributed by atoms with Crippen molar-refractivity contribution in [3.8, 4) is 5.75 Å². The molecule has 0 aliphatic carbocycles. The number of amides is 2.